The summed E-state index contributed by atoms with van der Waals surface area (Å²) in [5, 5.41) is 1.10. The molecule has 0 amide bonds. The van der Waals surface area contributed by atoms with Gasteiger partial charge in [-0.15, -0.1) is 11.3 Å². The van der Waals surface area contributed by atoms with Crippen molar-refractivity contribution in [1.82, 2.24) is 4.98 Å². The molecule has 2 rings (SSSR count). The Morgan fingerprint density at radius 1 is 1.35 bits per heavy atom. The molecular formula is C16H22N2OS. The quantitative estimate of drug-likeness (QED) is 0.883. The number of ether oxygens (including phenoxy) is 1. The van der Waals surface area contributed by atoms with E-state index in [9.17, 15) is 0 Å². The van der Waals surface area contributed by atoms with Crippen LogP contribution in [0, 0.1) is 6.92 Å². The standard InChI is InChI=1S/C16H22N2OS/c1-11(2)13-5-4-6-14(9-13)19-8-7-16-18-12(3)15(10-17)20-16/h4-6,9,11H,7-8,10,17H2,1-3H3. The van der Waals surface area contributed by atoms with E-state index in [0.29, 0.717) is 19.1 Å². The first-order valence-electron chi connectivity index (χ1n) is 6.98. The predicted octanol–water partition coefficient (Wildman–Crippen LogP) is 3.66. The maximum Gasteiger partial charge on any atom is 0.119 e. The molecule has 3 nitrogen and oxygen atoms in total. The summed E-state index contributed by atoms with van der Waals surface area (Å²) in [7, 11) is 0. The van der Waals surface area contributed by atoms with Gasteiger partial charge in [0.15, 0.2) is 0 Å². The monoisotopic (exact) mass is 290 g/mol. The Hall–Kier alpha value is -1.39. The topological polar surface area (TPSA) is 48.1 Å². The second kappa shape index (κ2) is 6.86. The van der Waals surface area contributed by atoms with E-state index < -0.39 is 0 Å². The fourth-order valence-electron chi connectivity index (χ4n) is 2.00. The largest absolute Gasteiger partial charge is 0.493 e. The molecule has 1 aromatic heterocycles. The Bertz CT molecular complexity index is 563. The number of thiazole rings is 1. The van der Waals surface area contributed by atoms with Crippen LogP contribution in [0.25, 0.3) is 0 Å². The molecule has 0 atom stereocenters. The Labute approximate surface area is 124 Å². The smallest absolute Gasteiger partial charge is 0.119 e. The summed E-state index contributed by atoms with van der Waals surface area (Å²) in [5.74, 6) is 1.45. The van der Waals surface area contributed by atoms with E-state index >= 15 is 0 Å². The lowest BCUT2D eigenvalue weighted by Gasteiger charge is -2.09. The molecule has 0 radical (unpaired) electrons. The molecule has 0 fully saturated rings. The van der Waals surface area contributed by atoms with Crippen LogP contribution in [-0.2, 0) is 13.0 Å². The molecule has 0 aliphatic carbocycles. The van der Waals surface area contributed by atoms with E-state index in [1.54, 1.807) is 11.3 Å². The van der Waals surface area contributed by atoms with Crippen molar-refractivity contribution in [2.24, 2.45) is 5.73 Å². The summed E-state index contributed by atoms with van der Waals surface area (Å²) < 4.78 is 5.82. The molecule has 0 saturated carbocycles. The lowest BCUT2D eigenvalue weighted by Crippen LogP contribution is -2.01. The number of benzene rings is 1. The van der Waals surface area contributed by atoms with Crippen molar-refractivity contribution >= 4 is 11.3 Å². The third-order valence-electron chi connectivity index (χ3n) is 3.23. The molecule has 0 aliphatic heterocycles. The highest BCUT2D eigenvalue weighted by Gasteiger charge is 2.06. The Kier molecular flexibility index (Phi) is 5.15. The van der Waals surface area contributed by atoms with Crippen LogP contribution >= 0.6 is 11.3 Å². The van der Waals surface area contributed by atoms with Crippen molar-refractivity contribution in [2.75, 3.05) is 6.61 Å². The van der Waals surface area contributed by atoms with Gasteiger partial charge in [0.25, 0.3) is 0 Å². The van der Waals surface area contributed by atoms with Crippen LogP contribution in [0.5, 0.6) is 5.75 Å². The SMILES string of the molecule is Cc1nc(CCOc2cccc(C(C)C)c2)sc1CN. The second-order valence-corrected chi connectivity index (χ2v) is 6.31. The number of aromatic nitrogens is 1. The van der Waals surface area contributed by atoms with E-state index in [0.717, 1.165) is 22.9 Å². The predicted molar refractivity (Wildman–Crippen MR) is 84.5 cm³/mol. The Balaban J connectivity index is 1.90. The normalized spacial score (nSPS) is 11.1. The zero-order chi connectivity index (χ0) is 14.5. The molecule has 4 heteroatoms. The van der Waals surface area contributed by atoms with Gasteiger partial charge in [-0.3, -0.25) is 0 Å². The molecular weight excluding hydrogens is 268 g/mol. The van der Waals surface area contributed by atoms with E-state index in [4.69, 9.17) is 10.5 Å². The van der Waals surface area contributed by atoms with Crippen molar-refractivity contribution < 1.29 is 4.74 Å². The summed E-state index contributed by atoms with van der Waals surface area (Å²) in [4.78, 5) is 5.69. The highest BCUT2D eigenvalue weighted by atomic mass is 32.1. The van der Waals surface area contributed by atoms with Crippen molar-refractivity contribution in [3.63, 3.8) is 0 Å². The van der Waals surface area contributed by atoms with Crippen LogP contribution in [0.15, 0.2) is 24.3 Å². The van der Waals surface area contributed by atoms with Gasteiger partial charge >= 0.3 is 0 Å². The summed E-state index contributed by atoms with van der Waals surface area (Å²) in [5.41, 5.74) is 8.02. The maximum atomic E-state index is 5.82. The second-order valence-electron chi connectivity index (χ2n) is 5.15. The minimum absolute atomic E-state index is 0.521. The summed E-state index contributed by atoms with van der Waals surface area (Å²) >= 11 is 1.69. The minimum Gasteiger partial charge on any atom is -0.493 e. The van der Waals surface area contributed by atoms with Gasteiger partial charge in [-0.2, -0.15) is 0 Å². The van der Waals surface area contributed by atoms with Gasteiger partial charge in [-0.05, 0) is 30.5 Å². The van der Waals surface area contributed by atoms with Crippen LogP contribution in [0.3, 0.4) is 0 Å². The van der Waals surface area contributed by atoms with Gasteiger partial charge in [0.2, 0.25) is 0 Å². The first-order chi connectivity index (χ1) is 9.60. The molecule has 0 unspecified atom stereocenters. The first-order valence-corrected chi connectivity index (χ1v) is 7.79. The van der Waals surface area contributed by atoms with Crippen molar-refractivity contribution in [3.8, 4) is 5.75 Å². The summed E-state index contributed by atoms with van der Waals surface area (Å²) in [6.45, 7) is 7.60. The molecule has 2 N–H and O–H groups in total. The summed E-state index contributed by atoms with van der Waals surface area (Å²) in [6, 6.07) is 8.30. The molecule has 20 heavy (non-hydrogen) atoms. The van der Waals surface area contributed by atoms with Crippen LogP contribution in [-0.4, -0.2) is 11.6 Å². The fourth-order valence-corrected chi connectivity index (χ4v) is 2.93. The lowest BCUT2D eigenvalue weighted by molar-refractivity contribution is 0.321. The molecule has 0 spiro atoms. The Morgan fingerprint density at radius 3 is 2.80 bits per heavy atom. The first kappa shape index (κ1) is 15.0. The van der Waals surface area contributed by atoms with Gasteiger partial charge in [-0.1, -0.05) is 26.0 Å². The average Bonchev–Trinajstić information content (AvgIpc) is 2.79. The number of nitrogens with two attached hydrogens (primary N) is 1. The van der Waals surface area contributed by atoms with E-state index in [1.807, 2.05) is 19.1 Å². The molecule has 0 aliphatic rings. The van der Waals surface area contributed by atoms with E-state index in [2.05, 4.69) is 31.0 Å². The van der Waals surface area contributed by atoms with Gasteiger partial charge in [0, 0.05) is 17.8 Å². The lowest BCUT2D eigenvalue weighted by atomic mass is 10.0. The van der Waals surface area contributed by atoms with Crippen LogP contribution in [0.4, 0.5) is 0 Å². The van der Waals surface area contributed by atoms with Crippen LogP contribution < -0.4 is 10.5 Å². The molecule has 1 aromatic carbocycles. The number of aryl methyl sites for hydroxylation is 1. The van der Waals surface area contributed by atoms with Gasteiger partial charge in [0.1, 0.15) is 5.75 Å². The van der Waals surface area contributed by atoms with Gasteiger partial charge in [0.05, 0.1) is 17.3 Å². The highest BCUT2D eigenvalue weighted by Crippen LogP contribution is 2.21. The van der Waals surface area contributed by atoms with Crippen LogP contribution in [0.2, 0.25) is 0 Å². The van der Waals surface area contributed by atoms with Crippen molar-refractivity contribution in [2.45, 2.75) is 39.7 Å². The number of hydrogen-bond acceptors (Lipinski definition) is 4. The average molecular weight is 290 g/mol. The molecule has 108 valence electrons. The molecule has 0 saturated heterocycles. The minimum atomic E-state index is 0.521. The van der Waals surface area contributed by atoms with Gasteiger partial charge < -0.3 is 10.5 Å². The molecule has 1 heterocycles. The van der Waals surface area contributed by atoms with Gasteiger partial charge in [-0.25, -0.2) is 4.98 Å². The zero-order valence-corrected chi connectivity index (χ0v) is 13.2. The van der Waals surface area contributed by atoms with Crippen molar-refractivity contribution in [3.05, 3.63) is 45.4 Å². The van der Waals surface area contributed by atoms with E-state index in [-0.39, 0.29) is 0 Å². The van der Waals surface area contributed by atoms with Crippen LogP contribution in [0.1, 0.15) is 40.9 Å². The zero-order valence-electron chi connectivity index (χ0n) is 12.3. The third-order valence-corrected chi connectivity index (χ3v) is 4.47. The fraction of sp³-hybridized carbons (Fsp3) is 0.438. The molecule has 0 bridgehead atoms. The van der Waals surface area contributed by atoms with Crippen molar-refractivity contribution in [1.29, 1.82) is 0 Å². The molecule has 2 aromatic rings. The van der Waals surface area contributed by atoms with E-state index in [1.165, 1.54) is 10.4 Å². The number of hydrogen-bond donors (Lipinski definition) is 1. The third kappa shape index (κ3) is 3.81. The number of nitrogens with zero attached hydrogens (tertiary/aromatic N) is 1. The maximum absolute atomic E-state index is 5.82. The number of rotatable bonds is 6. The summed E-state index contributed by atoms with van der Waals surface area (Å²) in [6.07, 6.45) is 0.831. The Morgan fingerprint density at radius 2 is 2.15 bits per heavy atom. The highest BCUT2D eigenvalue weighted by molar-refractivity contribution is 7.11.